The minimum absolute atomic E-state index is 0.0271. The Labute approximate surface area is 171 Å². The van der Waals surface area contributed by atoms with Crippen molar-refractivity contribution in [3.05, 3.63) is 52.6 Å². The summed E-state index contributed by atoms with van der Waals surface area (Å²) in [4.78, 5) is 35.0. The van der Waals surface area contributed by atoms with Crippen LogP contribution in [0.25, 0.3) is 0 Å². The second-order valence-corrected chi connectivity index (χ2v) is 8.05. The van der Waals surface area contributed by atoms with Gasteiger partial charge >= 0.3 is 0 Å². The lowest BCUT2D eigenvalue weighted by atomic mass is 9.95. The molecular formula is C23H28N4O2. The molecule has 1 aliphatic heterocycles. The molecule has 2 aromatic rings. The summed E-state index contributed by atoms with van der Waals surface area (Å²) in [6.07, 6.45) is 7.00. The molecule has 6 heteroatoms. The molecule has 1 aromatic heterocycles. The molecule has 29 heavy (non-hydrogen) atoms. The zero-order valence-corrected chi connectivity index (χ0v) is 17.0. The van der Waals surface area contributed by atoms with Crippen molar-refractivity contribution >= 4 is 17.9 Å². The van der Waals surface area contributed by atoms with Crippen LogP contribution < -0.4 is 10.2 Å². The third-order valence-corrected chi connectivity index (χ3v) is 6.12. The molecule has 2 heterocycles. The molecule has 2 aliphatic rings. The van der Waals surface area contributed by atoms with E-state index in [1.807, 2.05) is 24.3 Å². The number of carbonyl (C=O) groups is 2. The molecule has 0 radical (unpaired) electrons. The van der Waals surface area contributed by atoms with Gasteiger partial charge in [-0.2, -0.15) is 0 Å². The Morgan fingerprint density at radius 2 is 1.86 bits per heavy atom. The van der Waals surface area contributed by atoms with Crippen molar-refractivity contribution in [1.82, 2.24) is 15.3 Å². The Hall–Kier alpha value is -2.76. The van der Waals surface area contributed by atoms with E-state index in [2.05, 4.69) is 22.1 Å². The number of amides is 1. The predicted molar refractivity (Wildman–Crippen MR) is 112 cm³/mol. The number of nitrogens with zero attached hydrogens (tertiary/aromatic N) is 3. The molecule has 4 rings (SSSR count). The summed E-state index contributed by atoms with van der Waals surface area (Å²) >= 11 is 0. The van der Waals surface area contributed by atoms with Crippen LogP contribution in [-0.2, 0) is 24.2 Å². The summed E-state index contributed by atoms with van der Waals surface area (Å²) in [5.41, 5.74) is 5.32. The molecular weight excluding hydrogens is 364 g/mol. The van der Waals surface area contributed by atoms with Gasteiger partial charge in [0.15, 0.2) is 0 Å². The summed E-state index contributed by atoms with van der Waals surface area (Å²) in [6, 6.07) is 7.61. The molecule has 0 atom stereocenters. The van der Waals surface area contributed by atoms with Crippen LogP contribution in [0.2, 0.25) is 0 Å². The zero-order valence-electron chi connectivity index (χ0n) is 17.0. The van der Waals surface area contributed by atoms with E-state index in [0.717, 1.165) is 62.3 Å². The number of fused-ring (bicyclic) bond motifs is 1. The molecule has 1 amide bonds. The van der Waals surface area contributed by atoms with Crippen LogP contribution in [0.4, 0.5) is 5.69 Å². The van der Waals surface area contributed by atoms with E-state index in [1.54, 1.807) is 0 Å². The fourth-order valence-electron chi connectivity index (χ4n) is 4.40. The summed E-state index contributed by atoms with van der Waals surface area (Å²) in [6.45, 7) is 4.13. The van der Waals surface area contributed by atoms with Gasteiger partial charge in [-0.1, -0.05) is 0 Å². The van der Waals surface area contributed by atoms with Gasteiger partial charge in [-0.3, -0.25) is 9.59 Å². The fraction of sp³-hybridized carbons (Fsp3) is 0.478. The second-order valence-electron chi connectivity index (χ2n) is 8.05. The smallest absolute Gasteiger partial charge is 0.223 e. The Balaban J connectivity index is 1.30. The van der Waals surface area contributed by atoms with E-state index in [4.69, 9.17) is 4.98 Å². The maximum absolute atomic E-state index is 12.6. The second kappa shape index (κ2) is 8.72. The van der Waals surface area contributed by atoms with E-state index in [-0.39, 0.29) is 11.8 Å². The number of hydrogen-bond acceptors (Lipinski definition) is 5. The number of nitrogens with one attached hydrogen (secondary N) is 1. The summed E-state index contributed by atoms with van der Waals surface area (Å²) < 4.78 is 0. The van der Waals surface area contributed by atoms with E-state index in [9.17, 15) is 9.59 Å². The maximum atomic E-state index is 12.6. The standard InChI is InChI=1S/C23H28N4O2/c1-16-20-4-2-3-5-21(20)26-22(25-16)14-24-23(29)18-10-12-27(13-11-18)19-8-6-17(15-28)7-9-19/h6-9,15,18H,2-5,10-14H2,1H3,(H,24,29). The number of piperidine rings is 1. The van der Waals surface area contributed by atoms with Crippen LogP contribution in [0, 0.1) is 12.8 Å². The van der Waals surface area contributed by atoms with Gasteiger partial charge < -0.3 is 10.2 Å². The first-order chi connectivity index (χ1) is 14.1. The van der Waals surface area contributed by atoms with Crippen LogP contribution in [0.5, 0.6) is 0 Å². The molecule has 0 saturated carbocycles. The lowest BCUT2D eigenvalue weighted by molar-refractivity contribution is -0.125. The SMILES string of the molecule is Cc1nc(CNC(=O)C2CCN(c3ccc(C=O)cc3)CC2)nc2c1CCCC2. The van der Waals surface area contributed by atoms with Crippen molar-refractivity contribution in [2.75, 3.05) is 18.0 Å². The predicted octanol–water partition coefficient (Wildman–Crippen LogP) is 3.01. The Morgan fingerprint density at radius 1 is 1.14 bits per heavy atom. The molecule has 1 fully saturated rings. The highest BCUT2D eigenvalue weighted by Crippen LogP contribution is 2.24. The number of aldehydes is 1. The van der Waals surface area contributed by atoms with Crippen molar-refractivity contribution in [3.8, 4) is 0 Å². The molecule has 1 N–H and O–H groups in total. The van der Waals surface area contributed by atoms with Gasteiger partial charge in [0.1, 0.15) is 12.1 Å². The minimum Gasteiger partial charge on any atom is -0.371 e. The normalized spacial score (nSPS) is 16.9. The van der Waals surface area contributed by atoms with Gasteiger partial charge in [-0.15, -0.1) is 0 Å². The first-order valence-corrected chi connectivity index (χ1v) is 10.6. The van der Waals surface area contributed by atoms with Gasteiger partial charge in [-0.25, -0.2) is 9.97 Å². The summed E-state index contributed by atoms with van der Waals surface area (Å²) in [7, 11) is 0. The molecule has 6 nitrogen and oxygen atoms in total. The van der Waals surface area contributed by atoms with Gasteiger partial charge in [-0.05, 0) is 75.3 Å². The minimum atomic E-state index is 0.0271. The molecule has 1 saturated heterocycles. The van der Waals surface area contributed by atoms with Crippen molar-refractivity contribution < 1.29 is 9.59 Å². The molecule has 0 spiro atoms. The maximum Gasteiger partial charge on any atom is 0.223 e. The number of aryl methyl sites for hydroxylation is 2. The van der Waals surface area contributed by atoms with Crippen LogP contribution in [0.3, 0.4) is 0 Å². The monoisotopic (exact) mass is 392 g/mol. The van der Waals surface area contributed by atoms with Crippen molar-refractivity contribution in [1.29, 1.82) is 0 Å². The third kappa shape index (κ3) is 4.47. The molecule has 0 unspecified atom stereocenters. The van der Waals surface area contributed by atoms with Crippen LogP contribution in [0.1, 0.15) is 58.8 Å². The average Bonchev–Trinajstić information content (AvgIpc) is 2.78. The summed E-state index contributed by atoms with van der Waals surface area (Å²) in [5.74, 6) is 0.850. The average molecular weight is 393 g/mol. The Bertz CT molecular complexity index is 886. The third-order valence-electron chi connectivity index (χ3n) is 6.12. The van der Waals surface area contributed by atoms with Gasteiger partial charge in [0, 0.05) is 41.6 Å². The van der Waals surface area contributed by atoms with Crippen LogP contribution in [0.15, 0.2) is 24.3 Å². The number of aromatic nitrogens is 2. The van der Waals surface area contributed by atoms with Gasteiger partial charge in [0.25, 0.3) is 0 Å². The number of anilines is 1. The van der Waals surface area contributed by atoms with E-state index >= 15 is 0 Å². The molecule has 152 valence electrons. The number of hydrogen-bond donors (Lipinski definition) is 1. The van der Waals surface area contributed by atoms with Crippen molar-refractivity contribution in [3.63, 3.8) is 0 Å². The van der Waals surface area contributed by atoms with Crippen molar-refractivity contribution in [2.45, 2.75) is 52.0 Å². The zero-order chi connectivity index (χ0) is 20.2. The molecule has 1 aliphatic carbocycles. The van der Waals surface area contributed by atoms with E-state index < -0.39 is 0 Å². The van der Waals surface area contributed by atoms with Crippen LogP contribution in [-0.4, -0.2) is 35.3 Å². The summed E-state index contributed by atoms with van der Waals surface area (Å²) in [5, 5.41) is 3.05. The molecule has 0 bridgehead atoms. The number of rotatable bonds is 5. The van der Waals surface area contributed by atoms with E-state index in [0.29, 0.717) is 12.1 Å². The van der Waals surface area contributed by atoms with Crippen molar-refractivity contribution in [2.24, 2.45) is 5.92 Å². The van der Waals surface area contributed by atoms with Gasteiger partial charge in [0.2, 0.25) is 5.91 Å². The van der Waals surface area contributed by atoms with E-state index in [1.165, 1.54) is 24.1 Å². The lowest BCUT2D eigenvalue weighted by Crippen LogP contribution is -2.40. The topological polar surface area (TPSA) is 75.2 Å². The highest BCUT2D eigenvalue weighted by molar-refractivity contribution is 5.79. The highest BCUT2D eigenvalue weighted by atomic mass is 16.1. The Morgan fingerprint density at radius 3 is 2.59 bits per heavy atom. The highest BCUT2D eigenvalue weighted by Gasteiger charge is 2.25. The quantitative estimate of drug-likeness (QED) is 0.792. The van der Waals surface area contributed by atoms with Gasteiger partial charge in [0.05, 0.1) is 6.54 Å². The fourth-order valence-corrected chi connectivity index (χ4v) is 4.40. The number of benzene rings is 1. The lowest BCUT2D eigenvalue weighted by Gasteiger charge is -2.33. The first kappa shape index (κ1) is 19.6. The number of carbonyl (C=O) groups excluding carboxylic acids is 2. The largest absolute Gasteiger partial charge is 0.371 e. The van der Waals surface area contributed by atoms with Crippen LogP contribution >= 0.6 is 0 Å². The Kier molecular flexibility index (Phi) is 5.88. The first-order valence-electron chi connectivity index (χ1n) is 10.6. The molecule has 1 aromatic carbocycles.